The standard InChI is InChI=1S/C13H16N2O5S/c1-2-21(19,20)15-9-5-3-8(4-6-9)14-12(16)10-7-11(10)13(17)18/h3-6,10-11,15H,2,7H2,1H3,(H,14,16)(H,17,18)/t10-,11+/m1/s1. The Kier molecular flexibility index (Phi) is 4.17. The number of amides is 1. The van der Waals surface area contributed by atoms with Gasteiger partial charge < -0.3 is 10.4 Å². The molecule has 0 aliphatic heterocycles. The molecule has 1 aliphatic rings. The zero-order valence-electron chi connectivity index (χ0n) is 11.4. The van der Waals surface area contributed by atoms with E-state index in [9.17, 15) is 18.0 Å². The molecule has 1 saturated carbocycles. The lowest BCUT2D eigenvalue weighted by molar-refractivity contribution is -0.139. The highest BCUT2D eigenvalue weighted by Gasteiger charge is 2.48. The lowest BCUT2D eigenvalue weighted by Gasteiger charge is -2.08. The topological polar surface area (TPSA) is 113 Å². The second-order valence-corrected chi connectivity index (χ2v) is 6.87. The Bertz CT molecular complexity index is 654. The molecule has 1 aliphatic carbocycles. The molecule has 7 nitrogen and oxygen atoms in total. The quantitative estimate of drug-likeness (QED) is 0.728. The van der Waals surface area contributed by atoms with Crippen LogP contribution in [0.1, 0.15) is 13.3 Å². The number of benzene rings is 1. The number of rotatable bonds is 6. The van der Waals surface area contributed by atoms with Crippen LogP contribution in [-0.2, 0) is 19.6 Å². The van der Waals surface area contributed by atoms with Crippen LogP contribution in [0.15, 0.2) is 24.3 Å². The van der Waals surface area contributed by atoms with Crippen LogP contribution in [0.4, 0.5) is 11.4 Å². The highest BCUT2D eigenvalue weighted by Crippen LogP contribution is 2.39. The number of nitrogens with one attached hydrogen (secondary N) is 2. The predicted molar refractivity (Wildman–Crippen MR) is 77.4 cm³/mol. The molecular weight excluding hydrogens is 296 g/mol. The molecule has 3 N–H and O–H groups in total. The van der Waals surface area contributed by atoms with Crippen LogP contribution in [0.25, 0.3) is 0 Å². The lowest BCUT2D eigenvalue weighted by Crippen LogP contribution is -2.17. The highest BCUT2D eigenvalue weighted by molar-refractivity contribution is 7.92. The maximum Gasteiger partial charge on any atom is 0.307 e. The van der Waals surface area contributed by atoms with Gasteiger partial charge >= 0.3 is 5.97 Å². The number of aliphatic carboxylic acids is 1. The summed E-state index contributed by atoms with van der Waals surface area (Å²) in [6, 6.07) is 6.18. The van der Waals surface area contributed by atoms with Crippen LogP contribution in [-0.4, -0.2) is 31.2 Å². The fraction of sp³-hybridized carbons (Fsp3) is 0.385. The zero-order chi connectivity index (χ0) is 15.6. The van der Waals surface area contributed by atoms with Gasteiger partial charge in [0.15, 0.2) is 0 Å². The first kappa shape index (κ1) is 15.3. The molecule has 21 heavy (non-hydrogen) atoms. The van der Waals surface area contributed by atoms with E-state index < -0.39 is 27.8 Å². The third-order valence-corrected chi connectivity index (χ3v) is 4.56. The van der Waals surface area contributed by atoms with E-state index in [2.05, 4.69) is 10.0 Å². The van der Waals surface area contributed by atoms with E-state index in [-0.39, 0.29) is 11.7 Å². The predicted octanol–water partition coefficient (Wildman–Crippen LogP) is 1.11. The monoisotopic (exact) mass is 312 g/mol. The van der Waals surface area contributed by atoms with Crippen LogP contribution < -0.4 is 10.0 Å². The number of sulfonamides is 1. The van der Waals surface area contributed by atoms with E-state index in [1.54, 1.807) is 12.1 Å². The van der Waals surface area contributed by atoms with Gasteiger partial charge in [0.25, 0.3) is 0 Å². The summed E-state index contributed by atoms with van der Waals surface area (Å²) in [6.07, 6.45) is 0.357. The van der Waals surface area contributed by atoms with Gasteiger partial charge in [0.2, 0.25) is 15.9 Å². The number of carbonyl (C=O) groups excluding carboxylic acids is 1. The van der Waals surface area contributed by atoms with Gasteiger partial charge in [0.1, 0.15) is 0 Å². The third kappa shape index (κ3) is 3.94. The molecule has 0 radical (unpaired) electrons. The van der Waals surface area contributed by atoms with Crippen molar-refractivity contribution in [2.75, 3.05) is 15.8 Å². The van der Waals surface area contributed by atoms with Gasteiger partial charge in [0.05, 0.1) is 17.6 Å². The Morgan fingerprint density at radius 2 is 1.76 bits per heavy atom. The van der Waals surface area contributed by atoms with Gasteiger partial charge in [-0.1, -0.05) is 0 Å². The molecular formula is C13H16N2O5S. The minimum absolute atomic E-state index is 0.0241. The molecule has 0 unspecified atom stereocenters. The fourth-order valence-electron chi connectivity index (χ4n) is 1.87. The van der Waals surface area contributed by atoms with Gasteiger partial charge in [-0.05, 0) is 37.6 Å². The average molecular weight is 312 g/mol. The van der Waals surface area contributed by atoms with Crippen molar-refractivity contribution in [2.45, 2.75) is 13.3 Å². The van der Waals surface area contributed by atoms with Crippen molar-refractivity contribution in [2.24, 2.45) is 11.8 Å². The Hall–Kier alpha value is -2.09. The Morgan fingerprint density at radius 1 is 1.19 bits per heavy atom. The van der Waals surface area contributed by atoms with Crippen LogP contribution in [0.3, 0.4) is 0 Å². The highest BCUT2D eigenvalue weighted by atomic mass is 32.2. The molecule has 0 saturated heterocycles. The molecule has 1 aromatic carbocycles. The number of carboxylic acids is 1. The van der Waals surface area contributed by atoms with Gasteiger partial charge in [-0.15, -0.1) is 0 Å². The van der Waals surface area contributed by atoms with Crippen LogP contribution in [0.5, 0.6) is 0 Å². The smallest absolute Gasteiger partial charge is 0.307 e. The number of hydrogen-bond donors (Lipinski definition) is 3. The molecule has 2 atom stereocenters. The molecule has 0 bridgehead atoms. The van der Waals surface area contributed by atoms with Crippen LogP contribution in [0, 0.1) is 11.8 Å². The Morgan fingerprint density at radius 3 is 2.24 bits per heavy atom. The van der Waals surface area contributed by atoms with Crippen molar-refractivity contribution in [3.8, 4) is 0 Å². The summed E-state index contributed by atoms with van der Waals surface area (Å²) < 4.78 is 25.2. The second-order valence-electron chi connectivity index (χ2n) is 4.86. The zero-order valence-corrected chi connectivity index (χ0v) is 12.2. The summed E-state index contributed by atoms with van der Waals surface area (Å²) in [7, 11) is -3.33. The summed E-state index contributed by atoms with van der Waals surface area (Å²) >= 11 is 0. The fourth-order valence-corrected chi connectivity index (χ4v) is 2.51. The van der Waals surface area contributed by atoms with Crippen LogP contribution in [0.2, 0.25) is 0 Å². The maximum atomic E-state index is 11.8. The Labute approximate surface area is 122 Å². The second kappa shape index (κ2) is 5.72. The molecule has 1 amide bonds. The summed E-state index contributed by atoms with van der Waals surface area (Å²) in [5.41, 5.74) is 0.903. The van der Waals surface area contributed by atoms with E-state index in [0.717, 1.165) is 0 Å². The Balaban J connectivity index is 1.94. The van der Waals surface area contributed by atoms with Gasteiger partial charge in [-0.25, -0.2) is 8.42 Å². The van der Waals surface area contributed by atoms with Gasteiger partial charge in [0, 0.05) is 11.4 Å². The molecule has 0 aromatic heterocycles. The summed E-state index contributed by atoms with van der Waals surface area (Å²) in [5, 5.41) is 11.4. The molecule has 2 rings (SSSR count). The molecule has 1 aromatic rings. The van der Waals surface area contributed by atoms with Crippen molar-refractivity contribution < 1.29 is 23.1 Å². The largest absolute Gasteiger partial charge is 0.481 e. The summed E-state index contributed by atoms with van der Waals surface area (Å²) in [5.74, 6) is -2.39. The molecule has 0 spiro atoms. The van der Waals surface area contributed by atoms with E-state index >= 15 is 0 Å². The van der Waals surface area contributed by atoms with E-state index in [1.807, 2.05) is 0 Å². The minimum Gasteiger partial charge on any atom is -0.481 e. The van der Waals surface area contributed by atoms with Crippen molar-refractivity contribution in [3.05, 3.63) is 24.3 Å². The first-order chi connectivity index (χ1) is 9.82. The van der Waals surface area contributed by atoms with Crippen molar-refractivity contribution in [1.29, 1.82) is 0 Å². The van der Waals surface area contributed by atoms with Crippen molar-refractivity contribution >= 4 is 33.3 Å². The molecule has 8 heteroatoms. The van der Waals surface area contributed by atoms with Gasteiger partial charge in [-0.2, -0.15) is 0 Å². The minimum atomic E-state index is -3.33. The maximum absolute atomic E-state index is 11.8. The van der Waals surface area contributed by atoms with E-state index in [0.29, 0.717) is 17.8 Å². The first-order valence-electron chi connectivity index (χ1n) is 6.46. The summed E-state index contributed by atoms with van der Waals surface area (Å²) in [6.45, 7) is 1.53. The molecule has 0 heterocycles. The lowest BCUT2D eigenvalue weighted by atomic mass is 10.2. The number of carbonyl (C=O) groups is 2. The van der Waals surface area contributed by atoms with E-state index in [4.69, 9.17) is 5.11 Å². The first-order valence-corrected chi connectivity index (χ1v) is 8.12. The molecule has 114 valence electrons. The normalized spacial score (nSPS) is 20.6. The summed E-state index contributed by atoms with van der Waals surface area (Å²) in [4.78, 5) is 22.5. The van der Waals surface area contributed by atoms with Gasteiger partial charge in [-0.3, -0.25) is 14.3 Å². The third-order valence-electron chi connectivity index (χ3n) is 3.25. The van der Waals surface area contributed by atoms with Crippen molar-refractivity contribution in [3.63, 3.8) is 0 Å². The van der Waals surface area contributed by atoms with Crippen LogP contribution >= 0.6 is 0 Å². The molecule has 1 fully saturated rings. The number of carboxylic acid groups (broad SMARTS) is 1. The number of anilines is 2. The average Bonchev–Trinajstić information content (AvgIpc) is 3.21. The SMILES string of the molecule is CCS(=O)(=O)Nc1ccc(NC(=O)[C@@H]2C[C@@H]2C(=O)O)cc1. The number of hydrogen-bond acceptors (Lipinski definition) is 4. The van der Waals surface area contributed by atoms with E-state index in [1.165, 1.54) is 19.1 Å². The van der Waals surface area contributed by atoms with Crippen molar-refractivity contribution in [1.82, 2.24) is 0 Å².